The number of hydrogen-bond acceptors (Lipinski definition) is 8. The molecule has 1 aliphatic rings. The van der Waals surface area contributed by atoms with Crippen molar-refractivity contribution in [2.45, 2.75) is 37.1 Å². The van der Waals surface area contributed by atoms with Crippen LogP contribution in [0.5, 0.6) is 0 Å². The Morgan fingerprint density at radius 2 is 2.03 bits per heavy atom. The van der Waals surface area contributed by atoms with Crippen LogP contribution < -0.4 is 16.4 Å². The molecule has 1 aliphatic heterocycles. The fourth-order valence-electron chi connectivity index (χ4n) is 4.19. The molecule has 1 fully saturated rings. The molecule has 11 nitrogen and oxygen atoms in total. The van der Waals surface area contributed by atoms with Gasteiger partial charge in [-0.05, 0) is 44.3 Å². The number of pyridine rings is 1. The summed E-state index contributed by atoms with van der Waals surface area (Å²) in [6.07, 6.45) is -5.16. The van der Waals surface area contributed by atoms with E-state index in [2.05, 4.69) is 20.6 Å². The van der Waals surface area contributed by atoms with E-state index in [4.69, 9.17) is 22.1 Å². The molecule has 2 aromatic heterocycles. The molecule has 0 bridgehead atoms. The third-order valence-electron chi connectivity index (χ3n) is 6.13. The number of aromatic nitrogens is 3. The van der Waals surface area contributed by atoms with Crippen molar-refractivity contribution in [2.24, 2.45) is 0 Å². The molecular formula is C23H27ClF3N7O4. The molecule has 2 amide bonds. The molecule has 1 saturated heterocycles. The third-order valence-corrected chi connectivity index (χ3v) is 6.46. The van der Waals surface area contributed by atoms with Gasteiger partial charge in [0.1, 0.15) is 23.8 Å². The number of likely N-dealkylation sites (N-methyl/N-ethyl adjacent to an activating group) is 1. The minimum absolute atomic E-state index is 0.0413. The summed E-state index contributed by atoms with van der Waals surface area (Å²) in [5, 5.41) is 25.6. The Labute approximate surface area is 220 Å². The number of rotatable bonds is 8. The zero-order valence-electron chi connectivity index (χ0n) is 20.2. The first-order chi connectivity index (χ1) is 18.0. The number of benzene rings is 1. The molecule has 3 heterocycles. The van der Waals surface area contributed by atoms with Gasteiger partial charge in [0.25, 0.3) is 0 Å². The Morgan fingerprint density at radius 1 is 1.26 bits per heavy atom. The van der Waals surface area contributed by atoms with Gasteiger partial charge in [0.15, 0.2) is 11.9 Å². The monoisotopic (exact) mass is 557 g/mol. The van der Waals surface area contributed by atoms with Gasteiger partial charge in [0.05, 0.1) is 22.6 Å². The Hall–Kier alpha value is -3.17. The molecule has 4 atom stereocenters. The summed E-state index contributed by atoms with van der Waals surface area (Å²) in [6.45, 7) is 1.02. The van der Waals surface area contributed by atoms with E-state index < -0.39 is 47.3 Å². The number of hydrogen-bond donors (Lipinski definition) is 5. The van der Waals surface area contributed by atoms with Crippen molar-refractivity contribution in [3.05, 3.63) is 47.4 Å². The topological polar surface area (TPSA) is 151 Å². The van der Waals surface area contributed by atoms with Gasteiger partial charge in [-0.15, -0.1) is 0 Å². The number of imidazole rings is 1. The second-order valence-corrected chi connectivity index (χ2v) is 9.37. The van der Waals surface area contributed by atoms with Crippen LogP contribution in [0.2, 0.25) is 5.02 Å². The fourth-order valence-corrected chi connectivity index (χ4v) is 4.42. The average molecular weight is 558 g/mol. The van der Waals surface area contributed by atoms with E-state index in [1.807, 2.05) is 4.90 Å². The SMILES string of the molecule is CN(CCCNC(=O)Nc1ccc(Cl)c(C(F)(F)F)c1)C[C@H]1O[C@@H](n2cnc3c(N)ccnc32)[C@H](O)[C@@H]1O. The van der Waals surface area contributed by atoms with Gasteiger partial charge >= 0.3 is 12.2 Å². The quantitative estimate of drug-likeness (QED) is 0.265. The molecule has 15 heteroatoms. The van der Waals surface area contributed by atoms with Gasteiger partial charge in [-0.2, -0.15) is 13.2 Å². The number of halogens is 4. The summed E-state index contributed by atoms with van der Waals surface area (Å²) in [4.78, 5) is 22.4. The number of amides is 2. The Morgan fingerprint density at radius 3 is 2.76 bits per heavy atom. The maximum Gasteiger partial charge on any atom is 0.417 e. The van der Waals surface area contributed by atoms with E-state index in [0.29, 0.717) is 29.8 Å². The van der Waals surface area contributed by atoms with Crippen molar-refractivity contribution in [3.8, 4) is 0 Å². The van der Waals surface area contributed by atoms with Gasteiger partial charge in [-0.3, -0.25) is 4.57 Å². The van der Waals surface area contributed by atoms with Crippen molar-refractivity contribution in [2.75, 3.05) is 37.7 Å². The molecule has 0 radical (unpaired) electrons. The summed E-state index contributed by atoms with van der Waals surface area (Å²) in [6, 6.07) is 4.05. The summed E-state index contributed by atoms with van der Waals surface area (Å²) in [7, 11) is 1.79. The van der Waals surface area contributed by atoms with Crippen molar-refractivity contribution in [3.63, 3.8) is 0 Å². The van der Waals surface area contributed by atoms with Crippen LogP contribution in [0.1, 0.15) is 18.2 Å². The number of alkyl halides is 3. The van der Waals surface area contributed by atoms with Crippen LogP contribution in [0.4, 0.5) is 29.3 Å². The van der Waals surface area contributed by atoms with E-state index in [1.165, 1.54) is 23.2 Å². The second kappa shape index (κ2) is 11.3. The summed E-state index contributed by atoms with van der Waals surface area (Å²) in [5.74, 6) is 0. The zero-order chi connectivity index (χ0) is 27.6. The Bertz CT molecular complexity index is 1290. The van der Waals surface area contributed by atoms with Crippen LogP contribution in [-0.4, -0.2) is 80.7 Å². The zero-order valence-corrected chi connectivity index (χ0v) is 20.9. The lowest BCUT2D eigenvalue weighted by Crippen LogP contribution is -2.39. The summed E-state index contributed by atoms with van der Waals surface area (Å²) < 4.78 is 46.4. The first-order valence-corrected chi connectivity index (χ1v) is 12.0. The largest absolute Gasteiger partial charge is 0.417 e. The van der Waals surface area contributed by atoms with Crippen molar-refractivity contribution in [1.82, 2.24) is 24.8 Å². The lowest BCUT2D eigenvalue weighted by atomic mass is 10.1. The molecule has 6 N–H and O–H groups in total. The minimum atomic E-state index is -4.64. The Balaban J connectivity index is 1.23. The highest BCUT2D eigenvalue weighted by molar-refractivity contribution is 6.31. The van der Waals surface area contributed by atoms with E-state index in [0.717, 1.165) is 12.1 Å². The number of nitrogens with two attached hydrogens (primary N) is 1. The number of nitrogens with zero attached hydrogens (tertiary/aromatic N) is 4. The smallest absolute Gasteiger partial charge is 0.397 e. The average Bonchev–Trinajstić information content (AvgIpc) is 3.40. The minimum Gasteiger partial charge on any atom is -0.397 e. The van der Waals surface area contributed by atoms with Gasteiger partial charge in [-0.1, -0.05) is 11.6 Å². The van der Waals surface area contributed by atoms with Crippen LogP contribution in [0.15, 0.2) is 36.8 Å². The normalized spacial score (nSPS) is 21.8. The maximum atomic E-state index is 13.0. The summed E-state index contributed by atoms with van der Waals surface area (Å²) in [5.41, 5.74) is 6.15. The van der Waals surface area contributed by atoms with Crippen LogP contribution >= 0.6 is 11.6 Å². The standard InChI is InChI=1S/C23H27ClF3N7O4/c1-33(8-2-6-30-22(37)32-12-3-4-14(24)13(9-12)23(25,26)27)10-16-18(35)19(36)21(38-16)34-11-31-17-15(28)5-7-29-20(17)34/h3-5,7,9,11,16,18-19,21,35-36H,2,6,8,10H2,1H3,(H2,28,29)(H2,30,32,37)/t16-,18-,19-,21-/m1/s1. The van der Waals surface area contributed by atoms with Crippen LogP contribution in [0.25, 0.3) is 11.2 Å². The number of urea groups is 1. The number of anilines is 2. The molecule has 0 aliphatic carbocycles. The number of nitrogen functional groups attached to an aromatic ring is 1. The fraction of sp³-hybridized carbons (Fsp3) is 0.435. The number of aliphatic hydroxyl groups excluding tert-OH is 2. The lowest BCUT2D eigenvalue weighted by Gasteiger charge is -2.22. The number of fused-ring (bicyclic) bond motifs is 1. The second-order valence-electron chi connectivity index (χ2n) is 8.96. The van der Waals surface area contributed by atoms with E-state index >= 15 is 0 Å². The molecule has 3 aromatic rings. The number of ether oxygens (including phenoxy) is 1. The third kappa shape index (κ3) is 6.10. The maximum absolute atomic E-state index is 13.0. The molecular weight excluding hydrogens is 531 g/mol. The highest BCUT2D eigenvalue weighted by Gasteiger charge is 2.44. The van der Waals surface area contributed by atoms with Crippen LogP contribution in [-0.2, 0) is 10.9 Å². The molecule has 0 spiro atoms. The van der Waals surface area contributed by atoms with E-state index in [9.17, 15) is 28.2 Å². The van der Waals surface area contributed by atoms with Gasteiger partial charge in [0, 0.05) is 25.0 Å². The molecule has 0 saturated carbocycles. The predicted molar refractivity (Wildman–Crippen MR) is 133 cm³/mol. The van der Waals surface area contributed by atoms with Crippen LogP contribution in [0, 0.1) is 0 Å². The van der Waals surface area contributed by atoms with Crippen LogP contribution in [0.3, 0.4) is 0 Å². The number of nitrogens with one attached hydrogen (secondary N) is 2. The molecule has 1 aromatic carbocycles. The van der Waals surface area contributed by atoms with Crippen molar-refractivity contribution in [1.29, 1.82) is 0 Å². The molecule has 38 heavy (non-hydrogen) atoms. The molecule has 4 rings (SSSR count). The highest BCUT2D eigenvalue weighted by Crippen LogP contribution is 2.36. The highest BCUT2D eigenvalue weighted by atomic mass is 35.5. The Kier molecular flexibility index (Phi) is 8.28. The van der Waals surface area contributed by atoms with E-state index in [-0.39, 0.29) is 18.8 Å². The summed E-state index contributed by atoms with van der Waals surface area (Å²) >= 11 is 5.59. The molecule has 0 unspecified atom stereocenters. The molecule has 206 valence electrons. The lowest BCUT2D eigenvalue weighted by molar-refractivity contribution is -0.137. The van der Waals surface area contributed by atoms with Gasteiger partial charge in [-0.25, -0.2) is 14.8 Å². The number of carbonyl (C=O) groups excluding carboxylic acids is 1. The first kappa shape index (κ1) is 27.9. The van der Waals surface area contributed by atoms with Gasteiger partial charge < -0.3 is 36.2 Å². The number of carbonyl (C=O) groups is 1. The van der Waals surface area contributed by atoms with Crippen molar-refractivity contribution < 1.29 is 32.9 Å². The first-order valence-electron chi connectivity index (χ1n) is 11.6. The number of aliphatic hydroxyl groups is 2. The van der Waals surface area contributed by atoms with Crippen molar-refractivity contribution >= 4 is 40.2 Å². The van der Waals surface area contributed by atoms with Gasteiger partial charge in [0.2, 0.25) is 0 Å². The van der Waals surface area contributed by atoms with E-state index in [1.54, 1.807) is 13.1 Å². The predicted octanol–water partition coefficient (Wildman–Crippen LogP) is 2.45.